The first kappa shape index (κ1) is 12.3. The van der Waals surface area contributed by atoms with Crippen LogP contribution < -0.4 is 0 Å². The molecule has 0 bridgehead atoms. The topological polar surface area (TPSA) is 20.3 Å². The van der Waals surface area contributed by atoms with Crippen molar-refractivity contribution in [3.8, 4) is 12.3 Å². The van der Waals surface area contributed by atoms with E-state index in [1.165, 1.54) is 6.07 Å². The lowest BCUT2D eigenvalue weighted by Gasteiger charge is -2.11. The van der Waals surface area contributed by atoms with E-state index in [1.807, 2.05) is 0 Å². The molecule has 0 radical (unpaired) electrons. The van der Waals surface area contributed by atoms with Crippen LogP contribution in [-0.4, -0.2) is 30.8 Å². The molecule has 0 heterocycles. The van der Waals surface area contributed by atoms with Gasteiger partial charge in [0.15, 0.2) is 17.4 Å². The van der Waals surface area contributed by atoms with Gasteiger partial charge in [0.1, 0.15) is 0 Å². The van der Waals surface area contributed by atoms with Crippen LogP contribution in [0.5, 0.6) is 0 Å². The van der Waals surface area contributed by atoms with E-state index in [-0.39, 0.29) is 17.9 Å². The maximum Gasteiger partial charge on any atom is 0.176 e. The SMILES string of the molecule is C#CCN(C)CC(=O)c1ccc(F)c(F)c1. The van der Waals surface area contributed by atoms with E-state index in [4.69, 9.17) is 6.42 Å². The van der Waals surface area contributed by atoms with Gasteiger partial charge in [-0.05, 0) is 25.2 Å². The molecule has 0 aromatic heterocycles. The van der Waals surface area contributed by atoms with Gasteiger partial charge in [-0.2, -0.15) is 0 Å². The van der Waals surface area contributed by atoms with Crippen LogP contribution in [0.25, 0.3) is 0 Å². The third kappa shape index (κ3) is 3.14. The average molecular weight is 223 g/mol. The first-order chi connectivity index (χ1) is 7.54. The lowest BCUT2D eigenvalue weighted by atomic mass is 10.1. The number of terminal acetylenes is 1. The number of hydrogen-bond acceptors (Lipinski definition) is 2. The largest absolute Gasteiger partial charge is 0.293 e. The van der Waals surface area contributed by atoms with Gasteiger partial charge in [0, 0.05) is 5.56 Å². The molecule has 1 aromatic rings. The van der Waals surface area contributed by atoms with E-state index < -0.39 is 11.6 Å². The van der Waals surface area contributed by atoms with Gasteiger partial charge in [0.25, 0.3) is 0 Å². The van der Waals surface area contributed by atoms with Crippen LogP contribution in [-0.2, 0) is 0 Å². The fourth-order valence-corrected chi connectivity index (χ4v) is 1.22. The predicted molar refractivity (Wildman–Crippen MR) is 57.0 cm³/mol. The summed E-state index contributed by atoms with van der Waals surface area (Å²) in [6.45, 7) is 0.407. The maximum absolute atomic E-state index is 12.9. The van der Waals surface area contributed by atoms with Gasteiger partial charge in [-0.3, -0.25) is 9.69 Å². The standard InChI is InChI=1S/C12H11F2NO/c1-3-6-15(2)8-12(16)9-4-5-10(13)11(14)7-9/h1,4-5,7H,6,8H2,2H3. The van der Waals surface area contributed by atoms with E-state index in [2.05, 4.69) is 5.92 Å². The number of carbonyl (C=O) groups is 1. The molecular weight excluding hydrogens is 212 g/mol. The lowest BCUT2D eigenvalue weighted by Crippen LogP contribution is -2.26. The summed E-state index contributed by atoms with van der Waals surface area (Å²) in [6.07, 6.45) is 5.08. The molecular formula is C12H11F2NO. The second-order valence-electron chi connectivity index (χ2n) is 3.43. The molecule has 0 N–H and O–H groups in total. The molecule has 0 aliphatic carbocycles. The quantitative estimate of drug-likeness (QED) is 0.572. The summed E-state index contributed by atoms with van der Waals surface area (Å²) < 4.78 is 25.5. The smallest absolute Gasteiger partial charge is 0.176 e. The van der Waals surface area contributed by atoms with Crippen LogP contribution in [0.1, 0.15) is 10.4 Å². The number of hydrogen-bond donors (Lipinski definition) is 0. The minimum atomic E-state index is -1.02. The third-order valence-electron chi connectivity index (χ3n) is 2.02. The highest BCUT2D eigenvalue weighted by molar-refractivity contribution is 5.97. The van der Waals surface area contributed by atoms with Crippen molar-refractivity contribution >= 4 is 5.78 Å². The summed E-state index contributed by atoms with van der Waals surface area (Å²) >= 11 is 0. The van der Waals surface area contributed by atoms with Crippen LogP contribution in [0, 0.1) is 24.0 Å². The molecule has 0 aliphatic rings. The Hall–Kier alpha value is -1.73. The van der Waals surface area contributed by atoms with E-state index in [1.54, 1.807) is 11.9 Å². The van der Waals surface area contributed by atoms with Gasteiger partial charge >= 0.3 is 0 Å². The third-order valence-corrected chi connectivity index (χ3v) is 2.02. The Balaban J connectivity index is 2.74. The van der Waals surface area contributed by atoms with Gasteiger partial charge in [0.2, 0.25) is 0 Å². The highest BCUT2D eigenvalue weighted by atomic mass is 19.2. The molecule has 0 spiro atoms. The van der Waals surface area contributed by atoms with Crippen molar-refractivity contribution < 1.29 is 13.6 Å². The molecule has 84 valence electrons. The molecule has 1 rings (SSSR count). The Kier molecular flexibility index (Phi) is 4.15. The number of halogens is 2. The number of benzene rings is 1. The lowest BCUT2D eigenvalue weighted by molar-refractivity contribution is 0.0952. The second kappa shape index (κ2) is 5.38. The molecule has 0 saturated heterocycles. The zero-order valence-electron chi connectivity index (χ0n) is 8.84. The summed E-state index contributed by atoms with van der Waals surface area (Å²) in [5.74, 6) is 0.103. The number of ketones is 1. The molecule has 4 heteroatoms. The van der Waals surface area contributed by atoms with Gasteiger partial charge in [0.05, 0.1) is 13.1 Å². The zero-order valence-corrected chi connectivity index (χ0v) is 8.84. The van der Waals surface area contributed by atoms with Crippen LogP contribution in [0.2, 0.25) is 0 Å². The molecule has 1 aromatic carbocycles. The van der Waals surface area contributed by atoms with Gasteiger partial charge < -0.3 is 0 Å². The monoisotopic (exact) mass is 223 g/mol. The summed E-state index contributed by atoms with van der Waals surface area (Å²) in [5, 5.41) is 0. The van der Waals surface area contributed by atoms with Crippen LogP contribution in [0.3, 0.4) is 0 Å². The van der Waals surface area contributed by atoms with Crippen molar-refractivity contribution in [3.05, 3.63) is 35.4 Å². The number of Topliss-reactive ketones (excluding diaryl/α,β-unsaturated/α-hetero) is 1. The minimum Gasteiger partial charge on any atom is -0.293 e. The number of nitrogens with zero attached hydrogens (tertiary/aromatic N) is 1. The van der Waals surface area contributed by atoms with Gasteiger partial charge in [-0.15, -0.1) is 6.42 Å². The molecule has 0 aliphatic heterocycles. The van der Waals surface area contributed by atoms with E-state index >= 15 is 0 Å². The Labute approximate surface area is 92.9 Å². The molecule has 2 nitrogen and oxygen atoms in total. The van der Waals surface area contributed by atoms with Crippen molar-refractivity contribution in [2.45, 2.75) is 0 Å². The molecule has 0 atom stereocenters. The number of rotatable bonds is 4. The summed E-state index contributed by atoms with van der Waals surface area (Å²) in [4.78, 5) is 13.2. The number of carbonyl (C=O) groups excluding carboxylic acids is 1. The second-order valence-corrected chi connectivity index (χ2v) is 3.43. The highest BCUT2D eigenvalue weighted by Gasteiger charge is 2.11. The summed E-state index contributed by atoms with van der Waals surface area (Å²) in [6, 6.07) is 3.08. The fraction of sp³-hybridized carbons (Fsp3) is 0.250. The van der Waals surface area contributed by atoms with Crippen molar-refractivity contribution in [2.24, 2.45) is 0 Å². The molecule has 0 unspecified atom stereocenters. The van der Waals surface area contributed by atoms with Crippen molar-refractivity contribution in [2.75, 3.05) is 20.1 Å². The average Bonchev–Trinajstić information content (AvgIpc) is 2.22. The van der Waals surface area contributed by atoms with Crippen molar-refractivity contribution in [1.82, 2.24) is 4.90 Å². The molecule has 0 fully saturated rings. The van der Waals surface area contributed by atoms with E-state index in [0.29, 0.717) is 6.54 Å². The minimum absolute atomic E-state index is 0.0786. The Morgan fingerprint density at radius 3 is 2.69 bits per heavy atom. The van der Waals surface area contributed by atoms with E-state index in [0.717, 1.165) is 12.1 Å². The van der Waals surface area contributed by atoms with Crippen LogP contribution in [0.15, 0.2) is 18.2 Å². The van der Waals surface area contributed by atoms with Crippen molar-refractivity contribution in [1.29, 1.82) is 0 Å². The summed E-state index contributed by atoms with van der Waals surface area (Å²) in [7, 11) is 1.68. The van der Waals surface area contributed by atoms with Gasteiger partial charge in [-0.1, -0.05) is 5.92 Å². The maximum atomic E-state index is 12.9. The molecule has 0 saturated carbocycles. The van der Waals surface area contributed by atoms with Crippen LogP contribution in [0.4, 0.5) is 8.78 Å². The Morgan fingerprint density at radius 1 is 1.44 bits per heavy atom. The predicted octanol–water partition coefficient (Wildman–Crippen LogP) is 1.71. The number of likely N-dealkylation sites (N-methyl/N-ethyl adjacent to an activating group) is 1. The van der Waals surface area contributed by atoms with E-state index in [9.17, 15) is 13.6 Å². The molecule has 0 amide bonds. The van der Waals surface area contributed by atoms with Crippen molar-refractivity contribution in [3.63, 3.8) is 0 Å². The Bertz CT molecular complexity index is 437. The fourth-order valence-electron chi connectivity index (χ4n) is 1.22. The highest BCUT2D eigenvalue weighted by Crippen LogP contribution is 2.09. The normalized spacial score (nSPS) is 10.2. The van der Waals surface area contributed by atoms with Crippen LogP contribution >= 0.6 is 0 Å². The molecule has 16 heavy (non-hydrogen) atoms. The first-order valence-electron chi connectivity index (χ1n) is 4.65. The van der Waals surface area contributed by atoms with Gasteiger partial charge in [-0.25, -0.2) is 8.78 Å². The first-order valence-corrected chi connectivity index (χ1v) is 4.65. The zero-order chi connectivity index (χ0) is 12.1. The Morgan fingerprint density at radius 2 is 2.12 bits per heavy atom. The summed E-state index contributed by atoms with van der Waals surface area (Å²) in [5.41, 5.74) is 0.141.